The van der Waals surface area contributed by atoms with Crippen LogP contribution >= 0.6 is 0 Å². The van der Waals surface area contributed by atoms with Crippen LogP contribution in [0.3, 0.4) is 0 Å². The van der Waals surface area contributed by atoms with E-state index in [1.807, 2.05) is 0 Å². The van der Waals surface area contributed by atoms with E-state index in [1.165, 1.54) is 241 Å². The van der Waals surface area contributed by atoms with Crippen LogP contribution in [0, 0.1) is 0 Å². The molecular formula is C46H88N+. The van der Waals surface area contributed by atoms with Crippen LogP contribution < -0.4 is 0 Å². The van der Waals surface area contributed by atoms with Gasteiger partial charge in [-0.3, -0.25) is 0 Å². The molecule has 0 aliphatic rings. The first-order valence-corrected chi connectivity index (χ1v) is 22.0. The summed E-state index contributed by atoms with van der Waals surface area (Å²) in [4.78, 5) is 0. The van der Waals surface area contributed by atoms with Crippen LogP contribution in [0.4, 0.5) is 0 Å². The molecule has 1 rings (SSSR count). The second-order valence-corrected chi connectivity index (χ2v) is 16.0. The molecule has 0 heterocycles. The lowest BCUT2D eigenvalue weighted by molar-refractivity contribution is -0.923. The largest absolute Gasteiger partial charge is 0.322 e. The van der Waals surface area contributed by atoms with Gasteiger partial charge in [0.15, 0.2) is 0 Å². The summed E-state index contributed by atoms with van der Waals surface area (Å²) in [6.45, 7) is 10.8. The Morgan fingerprint density at radius 3 is 0.809 bits per heavy atom. The normalized spacial score (nSPS) is 11.9. The topological polar surface area (TPSA) is 0 Å². The summed E-state index contributed by atoms with van der Waals surface area (Å²) in [5.74, 6) is 0. The minimum Gasteiger partial charge on any atom is -0.322 e. The Bertz CT molecular complexity index is 700. The molecule has 1 nitrogen and oxygen atoms in total. The molecule has 276 valence electrons. The van der Waals surface area contributed by atoms with Gasteiger partial charge in [-0.1, -0.05) is 225 Å². The lowest BCUT2D eigenvalue weighted by atomic mass is 10.0. The number of unbranched alkanes of at least 4 members (excludes halogenated alkanes) is 30. The van der Waals surface area contributed by atoms with Gasteiger partial charge >= 0.3 is 0 Å². The molecule has 0 aliphatic heterocycles. The molecule has 0 unspecified atom stereocenters. The first-order chi connectivity index (χ1) is 23.1. The van der Waals surface area contributed by atoms with E-state index in [1.54, 1.807) is 0 Å². The molecule has 0 saturated carbocycles. The predicted octanol–water partition coefficient (Wildman–Crippen LogP) is 15.7. The van der Waals surface area contributed by atoms with E-state index >= 15 is 0 Å². The Morgan fingerprint density at radius 2 is 0.553 bits per heavy atom. The Hall–Kier alpha value is -0.820. The first-order valence-electron chi connectivity index (χ1n) is 22.0. The number of rotatable bonds is 37. The van der Waals surface area contributed by atoms with Gasteiger partial charge in [0.25, 0.3) is 0 Å². The molecule has 0 aromatic heterocycles. The molecule has 0 saturated heterocycles. The highest BCUT2D eigenvalue weighted by molar-refractivity contribution is 5.21. The van der Waals surface area contributed by atoms with E-state index in [0.717, 1.165) is 6.42 Å². The number of nitrogens with zero attached hydrogens (tertiary/aromatic N) is 1. The molecule has 0 N–H and O–H groups in total. The average Bonchev–Trinajstić information content (AvgIpc) is 3.08. The average molecular weight is 655 g/mol. The van der Waals surface area contributed by atoms with Crippen LogP contribution in [-0.2, 0) is 13.0 Å². The molecule has 0 radical (unpaired) electrons. The van der Waals surface area contributed by atoms with Gasteiger partial charge in [0.05, 0.1) is 20.1 Å². The second-order valence-electron chi connectivity index (χ2n) is 16.0. The summed E-state index contributed by atoms with van der Waals surface area (Å²) in [7, 11) is 2.56. The molecule has 0 bridgehead atoms. The van der Waals surface area contributed by atoms with Crippen molar-refractivity contribution in [3.8, 4) is 0 Å². The van der Waals surface area contributed by atoms with Crippen molar-refractivity contribution in [3.63, 3.8) is 0 Å². The quantitative estimate of drug-likeness (QED) is 0.0495. The fourth-order valence-corrected chi connectivity index (χ4v) is 7.67. The van der Waals surface area contributed by atoms with E-state index in [-0.39, 0.29) is 0 Å². The molecule has 0 aliphatic carbocycles. The van der Waals surface area contributed by atoms with E-state index in [2.05, 4.69) is 52.1 Å². The van der Waals surface area contributed by atoms with Crippen molar-refractivity contribution < 1.29 is 4.48 Å². The number of hydrogen-bond acceptors (Lipinski definition) is 0. The summed E-state index contributed by atoms with van der Waals surface area (Å²) in [6, 6.07) is 9.55. The highest BCUT2D eigenvalue weighted by atomic mass is 15.3. The van der Waals surface area contributed by atoms with Gasteiger partial charge in [0, 0.05) is 5.56 Å². The standard InChI is InChI=1S/C46H88N/c1-5-8-10-12-14-16-18-20-22-24-26-28-30-32-34-36-42-47(4,44-46-40-38-45(7-3)39-41-46)43-37-35-33-31-29-27-25-23-21-19-17-15-13-11-9-6-2/h38-41H,5-37,42-44H2,1-4H3/q+1. The Morgan fingerprint density at radius 1 is 0.319 bits per heavy atom. The monoisotopic (exact) mass is 655 g/mol. The minimum absolute atomic E-state index is 1.14. The maximum Gasteiger partial charge on any atom is 0.104 e. The zero-order chi connectivity index (χ0) is 33.9. The van der Waals surface area contributed by atoms with Crippen molar-refractivity contribution in [1.29, 1.82) is 0 Å². The summed E-state index contributed by atoms with van der Waals surface area (Å²) >= 11 is 0. The number of hydrogen-bond donors (Lipinski definition) is 0. The molecule has 1 aromatic carbocycles. The van der Waals surface area contributed by atoms with E-state index in [0.29, 0.717) is 0 Å². The maximum absolute atomic E-state index is 2.56. The molecule has 1 aromatic rings. The molecule has 0 spiro atoms. The molecular weight excluding hydrogens is 567 g/mol. The van der Waals surface area contributed by atoms with Gasteiger partial charge in [-0.15, -0.1) is 0 Å². The fourth-order valence-electron chi connectivity index (χ4n) is 7.67. The molecule has 47 heavy (non-hydrogen) atoms. The lowest BCUT2D eigenvalue weighted by Crippen LogP contribution is -2.44. The van der Waals surface area contributed by atoms with Crippen LogP contribution in [0.1, 0.15) is 237 Å². The Kier molecular flexibility index (Phi) is 31.7. The van der Waals surface area contributed by atoms with Crippen molar-refractivity contribution in [1.82, 2.24) is 0 Å². The third-order valence-corrected chi connectivity index (χ3v) is 11.1. The highest BCUT2D eigenvalue weighted by Gasteiger charge is 2.21. The summed E-state index contributed by atoms with van der Waals surface area (Å²) in [5, 5.41) is 0. The van der Waals surface area contributed by atoms with Gasteiger partial charge < -0.3 is 4.48 Å². The van der Waals surface area contributed by atoms with E-state index in [4.69, 9.17) is 0 Å². The Labute approximate surface area is 298 Å². The third kappa shape index (κ3) is 28.7. The van der Waals surface area contributed by atoms with Crippen molar-refractivity contribution in [2.45, 2.75) is 239 Å². The smallest absolute Gasteiger partial charge is 0.104 e. The molecule has 0 amide bonds. The van der Waals surface area contributed by atoms with Crippen molar-refractivity contribution in [2.75, 3.05) is 20.1 Å². The number of benzene rings is 1. The van der Waals surface area contributed by atoms with E-state index < -0.39 is 0 Å². The molecule has 0 fully saturated rings. The van der Waals surface area contributed by atoms with Gasteiger partial charge in [-0.25, -0.2) is 0 Å². The van der Waals surface area contributed by atoms with Crippen LogP contribution in [0.5, 0.6) is 0 Å². The number of quaternary nitrogens is 1. The van der Waals surface area contributed by atoms with Crippen LogP contribution in [0.15, 0.2) is 24.3 Å². The van der Waals surface area contributed by atoms with Crippen molar-refractivity contribution in [3.05, 3.63) is 35.4 Å². The van der Waals surface area contributed by atoms with Crippen molar-refractivity contribution >= 4 is 0 Å². The van der Waals surface area contributed by atoms with Gasteiger partial charge in [-0.05, 0) is 37.7 Å². The first kappa shape index (κ1) is 44.2. The summed E-state index contributed by atoms with van der Waals surface area (Å²) in [5.41, 5.74) is 3.01. The van der Waals surface area contributed by atoms with Crippen LogP contribution in [0.25, 0.3) is 0 Å². The minimum atomic E-state index is 1.14. The number of aryl methyl sites for hydroxylation is 1. The zero-order valence-corrected chi connectivity index (χ0v) is 33.2. The summed E-state index contributed by atoms with van der Waals surface area (Å²) < 4.78 is 1.24. The lowest BCUT2D eigenvalue weighted by Gasteiger charge is -2.35. The van der Waals surface area contributed by atoms with E-state index in [9.17, 15) is 0 Å². The molecule has 0 atom stereocenters. The SMILES string of the molecule is CCCCCCCCCCCCCCCCCC[N+](C)(CCCCCCCCCCCCCCCCCC)Cc1ccc(CC)cc1. The Balaban J connectivity index is 2.14. The maximum atomic E-state index is 2.56. The van der Waals surface area contributed by atoms with Gasteiger partial charge in [0.2, 0.25) is 0 Å². The van der Waals surface area contributed by atoms with Crippen LogP contribution in [0.2, 0.25) is 0 Å². The second kappa shape index (κ2) is 33.7. The van der Waals surface area contributed by atoms with Gasteiger partial charge in [-0.2, -0.15) is 0 Å². The fraction of sp³-hybridized carbons (Fsp3) is 0.870. The zero-order valence-electron chi connectivity index (χ0n) is 33.2. The highest BCUT2D eigenvalue weighted by Crippen LogP contribution is 2.20. The van der Waals surface area contributed by atoms with Crippen molar-refractivity contribution in [2.24, 2.45) is 0 Å². The van der Waals surface area contributed by atoms with Crippen LogP contribution in [-0.4, -0.2) is 24.6 Å². The summed E-state index contributed by atoms with van der Waals surface area (Å²) in [6.07, 6.45) is 47.7. The predicted molar refractivity (Wildman–Crippen MR) is 215 cm³/mol. The third-order valence-electron chi connectivity index (χ3n) is 11.1. The molecule has 1 heteroatoms. The van der Waals surface area contributed by atoms with Gasteiger partial charge in [0.1, 0.15) is 6.54 Å².